The van der Waals surface area contributed by atoms with E-state index >= 15 is 0 Å². The number of nitrogens with two attached hydrogens (primary N) is 1. The number of hydrogen-bond acceptors (Lipinski definition) is 4. The van der Waals surface area contributed by atoms with Crippen molar-refractivity contribution in [2.45, 2.75) is 0 Å². The highest BCUT2D eigenvalue weighted by Gasteiger charge is 2.00. The molecule has 0 atom stereocenters. The van der Waals surface area contributed by atoms with Crippen molar-refractivity contribution in [3.8, 4) is 0 Å². The summed E-state index contributed by atoms with van der Waals surface area (Å²) in [6.07, 6.45) is 1.49. The average molecular weight is 181 g/mol. The van der Waals surface area contributed by atoms with Crippen LogP contribution in [0.1, 0.15) is 0 Å². The van der Waals surface area contributed by atoms with Crippen LogP contribution in [0.25, 0.3) is 0 Å². The molecule has 0 aliphatic heterocycles. The van der Waals surface area contributed by atoms with Gasteiger partial charge in [0.05, 0.1) is 11.9 Å². The van der Waals surface area contributed by atoms with Crippen LogP contribution in [0.4, 0.5) is 11.5 Å². The molecule has 3 N–H and O–H groups in total. The summed E-state index contributed by atoms with van der Waals surface area (Å²) in [7, 11) is 1.46. The van der Waals surface area contributed by atoms with Crippen LogP contribution >= 0.6 is 0 Å². The van der Waals surface area contributed by atoms with Crippen molar-refractivity contribution in [3.63, 3.8) is 0 Å². The van der Waals surface area contributed by atoms with Crippen LogP contribution in [0.3, 0.4) is 0 Å². The lowest BCUT2D eigenvalue weighted by Gasteiger charge is -2.03. The molecule has 0 spiro atoms. The van der Waals surface area contributed by atoms with Gasteiger partial charge in [0.15, 0.2) is 0 Å². The van der Waals surface area contributed by atoms with E-state index in [0.29, 0.717) is 11.5 Å². The summed E-state index contributed by atoms with van der Waals surface area (Å²) in [5, 5.41) is 2.59. The molecule has 1 rings (SSSR count). The van der Waals surface area contributed by atoms with Gasteiger partial charge >= 0.3 is 0 Å². The number of methoxy groups -OCH3 is 1. The zero-order valence-electron chi connectivity index (χ0n) is 7.28. The first-order chi connectivity index (χ1) is 6.22. The number of carbonyl (C=O) groups is 1. The Balaban J connectivity index is 2.54. The minimum absolute atomic E-state index is 0.0321. The maximum absolute atomic E-state index is 11.0. The van der Waals surface area contributed by atoms with Crippen LogP contribution in [-0.4, -0.2) is 24.6 Å². The van der Waals surface area contributed by atoms with E-state index in [2.05, 4.69) is 15.0 Å². The van der Waals surface area contributed by atoms with E-state index in [0.717, 1.165) is 0 Å². The highest BCUT2D eigenvalue weighted by molar-refractivity contribution is 5.91. The van der Waals surface area contributed by atoms with E-state index in [1.807, 2.05) is 0 Å². The largest absolute Gasteiger partial charge is 0.384 e. The summed E-state index contributed by atoms with van der Waals surface area (Å²) in [6.45, 7) is 0.0321. The fourth-order valence-electron chi connectivity index (χ4n) is 0.807. The molecule has 1 aromatic heterocycles. The van der Waals surface area contributed by atoms with Crippen molar-refractivity contribution in [2.24, 2.45) is 0 Å². The molecule has 13 heavy (non-hydrogen) atoms. The third kappa shape index (κ3) is 3.08. The van der Waals surface area contributed by atoms with Crippen molar-refractivity contribution in [3.05, 3.63) is 18.3 Å². The van der Waals surface area contributed by atoms with Gasteiger partial charge in [-0.05, 0) is 12.1 Å². The number of amides is 1. The number of carbonyl (C=O) groups excluding carboxylic acids is 1. The monoisotopic (exact) mass is 181 g/mol. The van der Waals surface area contributed by atoms with Crippen molar-refractivity contribution in [1.82, 2.24) is 4.98 Å². The number of pyridine rings is 1. The van der Waals surface area contributed by atoms with Crippen molar-refractivity contribution in [2.75, 3.05) is 24.8 Å². The fourth-order valence-corrected chi connectivity index (χ4v) is 0.807. The first-order valence-electron chi connectivity index (χ1n) is 3.72. The van der Waals surface area contributed by atoms with Crippen LogP contribution in [0.5, 0.6) is 0 Å². The van der Waals surface area contributed by atoms with Gasteiger partial charge in [0.1, 0.15) is 12.4 Å². The molecular formula is C8H11N3O2. The number of ether oxygens (including phenoxy) is 1. The Morgan fingerprint density at radius 1 is 1.69 bits per heavy atom. The molecule has 0 aliphatic rings. The molecule has 0 saturated carbocycles. The molecule has 1 heterocycles. The quantitative estimate of drug-likeness (QED) is 0.700. The van der Waals surface area contributed by atoms with Gasteiger partial charge in [-0.2, -0.15) is 0 Å². The van der Waals surface area contributed by atoms with E-state index in [9.17, 15) is 4.79 Å². The standard InChI is InChI=1S/C8H11N3O2/c1-13-5-8(12)11-6-2-3-7(9)10-4-6/h2-4H,5H2,1H3,(H2,9,10)(H,11,12). The topological polar surface area (TPSA) is 77.2 Å². The first kappa shape index (κ1) is 9.47. The van der Waals surface area contributed by atoms with Gasteiger partial charge in [-0.1, -0.05) is 0 Å². The molecule has 0 aromatic carbocycles. The van der Waals surface area contributed by atoms with Crippen LogP contribution < -0.4 is 11.1 Å². The summed E-state index contributed by atoms with van der Waals surface area (Å²) in [5.41, 5.74) is 5.98. The van der Waals surface area contributed by atoms with Gasteiger partial charge in [-0.15, -0.1) is 0 Å². The Hall–Kier alpha value is -1.62. The molecule has 5 heteroatoms. The zero-order chi connectivity index (χ0) is 9.68. The van der Waals surface area contributed by atoms with E-state index < -0.39 is 0 Å². The predicted molar refractivity (Wildman–Crippen MR) is 49.2 cm³/mol. The van der Waals surface area contributed by atoms with Gasteiger partial charge < -0.3 is 15.8 Å². The second-order valence-electron chi connectivity index (χ2n) is 2.45. The third-order valence-electron chi connectivity index (χ3n) is 1.35. The van der Waals surface area contributed by atoms with Gasteiger partial charge in [-0.25, -0.2) is 4.98 Å². The summed E-state index contributed by atoms with van der Waals surface area (Å²) in [5.74, 6) is 0.207. The number of nitrogen functional groups attached to an aromatic ring is 1. The second kappa shape index (κ2) is 4.42. The Kier molecular flexibility index (Phi) is 3.22. The summed E-state index contributed by atoms with van der Waals surface area (Å²) in [6, 6.07) is 3.29. The Morgan fingerprint density at radius 2 is 2.46 bits per heavy atom. The maximum atomic E-state index is 11.0. The number of hydrogen-bond donors (Lipinski definition) is 2. The van der Waals surface area contributed by atoms with Gasteiger partial charge in [0, 0.05) is 7.11 Å². The highest BCUT2D eigenvalue weighted by atomic mass is 16.5. The molecule has 0 fully saturated rings. The molecule has 1 aromatic rings. The smallest absolute Gasteiger partial charge is 0.250 e. The molecule has 70 valence electrons. The first-order valence-corrected chi connectivity index (χ1v) is 3.72. The molecule has 0 radical (unpaired) electrons. The lowest BCUT2D eigenvalue weighted by molar-refractivity contribution is -0.119. The van der Waals surface area contributed by atoms with Gasteiger partial charge in [-0.3, -0.25) is 4.79 Å². The zero-order valence-corrected chi connectivity index (χ0v) is 7.28. The Morgan fingerprint density at radius 3 is 3.00 bits per heavy atom. The van der Waals surface area contributed by atoms with E-state index in [-0.39, 0.29) is 12.5 Å². The highest BCUT2D eigenvalue weighted by Crippen LogP contribution is 2.06. The number of nitrogens with one attached hydrogen (secondary N) is 1. The lowest BCUT2D eigenvalue weighted by atomic mass is 10.4. The van der Waals surface area contributed by atoms with E-state index in [1.54, 1.807) is 12.1 Å². The summed E-state index contributed by atoms with van der Waals surface area (Å²) >= 11 is 0. The van der Waals surface area contributed by atoms with Crippen LogP contribution in [0.2, 0.25) is 0 Å². The minimum Gasteiger partial charge on any atom is -0.384 e. The number of aromatic nitrogens is 1. The normalized spacial score (nSPS) is 9.62. The van der Waals surface area contributed by atoms with E-state index in [4.69, 9.17) is 5.73 Å². The maximum Gasteiger partial charge on any atom is 0.250 e. The van der Waals surface area contributed by atoms with Crippen molar-refractivity contribution >= 4 is 17.4 Å². The number of anilines is 2. The average Bonchev–Trinajstić information content (AvgIpc) is 2.09. The van der Waals surface area contributed by atoms with Crippen molar-refractivity contribution < 1.29 is 9.53 Å². The van der Waals surface area contributed by atoms with Gasteiger partial charge in [0.25, 0.3) is 0 Å². The third-order valence-corrected chi connectivity index (χ3v) is 1.35. The van der Waals surface area contributed by atoms with Crippen LogP contribution in [0.15, 0.2) is 18.3 Å². The molecule has 0 saturated heterocycles. The summed E-state index contributed by atoms with van der Waals surface area (Å²) < 4.78 is 4.64. The van der Waals surface area contributed by atoms with Crippen molar-refractivity contribution in [1.29, 1.82) is 0 Å². The number of rotatable bonds is 3. The Bertz CT molecular complexity index is 284. The predicted octanol–water partition coefficient (Wildman–Crippen LogP) is 0.249. The van der Waals surface area contributed by atoms with E-state index in [1.165, 1.54) is 13.3 Å². The molecule has 1 amide bonds. The lowest BCUT2D eigenvalue weighted by Crippen LogP contribution is -2.17. The minimum atomic E-state index is -0.214. The van der Waals surface area contributed by atoms with Gasteiger partial charge in [0.2, 0.25) is 5.91 Å². The molecule has 5 nitrogen and oxygen atoms in total. The molecule has 0 bridgehead atoms. The van der Waals surface area contributed by atoms with Crippen LogP contribution in [-0.2, 0) is 9.53 Å². The molecular weight excluding hydrogens is 170 g/mol. The molecule has 0 unspecified atom stereocenters. The second-order valence-corrected chi connectivity index (χ2v) is 2.45. The Labute approximate surface area is 75.9 Å². The summed E-state index contributed by atoms with van der Waals surface area (Å²) in [4.78, 5) is 14.8. The van der Waals surface area contributed by atoms with Crippen LogP contribution in [0, 0.1) is 0 Å². The molecule has 0 aliphatic carbocycles. The number of nitrogens with zero attached hydrogens (tertiary/aromatic N) is 1. The SMILES string of the molecule is COCC(=O)Nc1ccc(N)nc1. The fraction of sp³-hybridized carbons (Fsp3) is 0.250.